The zero-order valence-electron chi connectivity index (χ0n) is 15.3. The lowest BCUT2D eigenvalue weighted by molar-refractivity contribution is -0.137. The number of benzene rings is 2. The summed E-state index contributed by atoms with van der Waals surface area (Å²) in [6.45, 7) is 3.74. The number of carbonyl (C=O) groups is 2. The number of piperazine rings is 1. The van der Waals surface area contributed by atoms with Crippen LogP contribution in [0, 0.1) is 0 Å². The molecule has 28 heavy (non-hydrogen) atoms. The molecule has 148 valence electrons. The first kappa shape index (κ1) is 19.7. The molecule has 2 aromatic carbocycles. The first-order chi connectivity index (χ1) is 13.2. The lowest BCUT2D eigenvalue weighted by atomic mass is 10.1. The standard InChI is InChI=1S/C20H20F3N3O2/c1-14(27)15-2-8-18(9-3-15)25-10-12-26(13-11-25)19(28)24-17-6-4-16(5-7-17)20(21,22)23/h2-9H,10-13H2,1H3,(H,24,28). The Hall–Kier alpha value is -3.03. The van der Waals surface area contributed by atoms with Crippen molar-refractivity contribution >= 4 is 23.2 Å². The molecule has 0 unspecified atom stereocenters. The van der Waals surface area contributed by atoms with Gasteiger partial charge in [-0.05, 0) is 55.5 Å². The minimum absolute atomic E-state index is 0.0105. The summed E-state index contributed by atoms with van der Waals surface area (Å²) in [6, 6.07) is 11.4. The number of halogens is 3. The maximum atomic E-state index is 12.6. The van der Waals surface area contributed by atoms with E-state index in [1.54, 1.807) is 17.0 Å². The van der Waals surface area contributed by atoms with Gasteiger partial charge in [0.15, 0.2) is 5.78 Å². The van der Waals surface area contributed by atoms with Crippen LogP contribution >= 0.6 is 0 Å². The second-order valence-corrected chi connectivity index (χ2v) is 6.58. The van der Waals surface area contributed by atoms with Gasteiger partial charge >= 0.3 is 12.2 Å². The molecule has 1 saturated heterocycles. The van der Waals surface area contributed by atoms with Gasteiger partial charge in [0.25, 0.3) is 0 Å². The fourth-order valence-corrected chi connectivity index (χ4v) is 3.02. The highest BCUT2D eigenvalue weighted by molar-refractivity contribution is 5.94. The molecule has 1 N–H and O–H groups in total. The smallest absolute Gasteiger partial charge is 0.368 e. The quantitative estimate of drug-likeness (QED) is 0.796. The van der Waals surface area contributed by atoms with Crippen LogP contribution in [0.2, 0.25) is 0 Å². The van der Waals surface area contributed by atoms with Gasteiger partial charge in [-0.25, -0.2) is 4.79 Å². The molecule has 0 saturated carbocycles. The van der Waals surface area contributed by atoms with Crippen molar-refractivity contribution in [2.45, 2.75) is 13.1 Å². The van der Waals surface area contributed by atoms with Crippen LogP contribution in [0.1, 0.15) is 22.8 Å². The van der Waals surface area contributed by atoms with E-state index < -0.39 is 11.7 Å². The van der Waals surface area contributed by atoms with Crippen LogP contribution < -0.4 is 10.2 Å². The Morgan fingerprint density at radius 1 is 0.893 bits per heavy atom. The van der Waals surface area contributed by atoms with Crippen LogP contribution in [0.4, 0.5) is 29.3 Å². The number of ketones is 1. The summed E-state index contributed by atoms with van der Waals surface area (Å²) in [5.41, 5.74) is 1.20. The number of amides is 2. The largest absolute Gasteiger partial charge is 0.416 e. The Morgan fingerprint density at radius 3 is 1.96 bits per heavy atom. The van der Waals surface area contributed by atoms with Crippen LogP contribution in [0.15, 0.2) is 48.5 Å². The molecule has 1 aliphatic heterocycles. The van der Waals surface area contributed by atoms with Crippen LogP contribution in [-0.4, -0.2) is 42.9 Å². The number of rotatable bonds is 3. The summed E-state index contributed by atoms with van der Waals surface area (Å²) in [7, 11) is 0. The number of carbonyl (C=O) groups excluding carboxylic acids is 2. The first-order valence-corrected chi connectivity index (χ1v) is 8.83. The molecular weight excluding hydrogens is 371 g/mol. The number of nitrogens with zero attached hydrogens (tertiary/aromatic N) is 2. The maximum absolute atomic E-state index is 12.6. The van der Waals surface area contributed by atoms with E-state index in [1.165, 1.54) is 19.1 Å². The summed E-state index contributed by atoms with van der Waals surface area (Å²) in [4.78, 5) is 27.4. The Balaban J connectivity index is 1.54. The molecule has 0 aromatic heterocycles. The Morgan fingerprint density at radius 2 is 1.46 bits per heavy atom. The zero-order valence-corrected chi connectivity index (χ0v) is 15.3. The Bertz CT molecular complexity index is 840. The highest BCUT2D eigenvalue weighted by atomic mass is 19.4. The van der Waals surface area contributed by atoms with Crippen molar-refractivity contribution in [2.24, 2.45) is 0 Å². The lowest BCUT2D eigenvalue weighted by Gasteiger charge is -2.36. The second-order valence-electron chi connectivity index (χ2n) is 6.58. The molecule has 2 amide bonds. The third-order valence-electron chi connectivity index (χ3n) is 4.67. The number of anilines is 2. The van der Waals surface area contributed by atoms with E-state index >= 15 is 0 Å². The van der Waals surface area contributed by atoms with Gasteiger partial charge in [-0.2, -0.15) is 13.2 Å². The van der Waals surface area contributed by atoms with E-state index in [-0.39, 0.29) is 11.8 Å². The fourth-order valence-electron chi connectivity index (χ4n) is 3.02. The molecule has 3 rings (SSSR count). The average Bonchev–Trinajstić information content (AvgIpc) is 2.68. The predicted octanol–water partition coefficient (Wildman–Crippen LogP) is 4.26. The van der Waals surface area contributed by atoms with E-state index in [0.29, 0.717) is 37.4 Å². The molecule has 1 fully saturated rings. The predicted molar refractivity (Wildman–Crippen MR) is 101 cm³/mol. The molecule has 1 heterocycles. The first-order valence-electron chi connectivity index (χ1n) is 8.83. The highest BCUT2D eigenvalue weighted by Crippen LogP contribution is 2.29. The monoisotopic (exact) mass is 391 g/mol. The van der Waals surface area contributed by atoms with Crippen LogP contribution in [0.5, 0.6) is 0 Å². The van der Waals surface area contributed by atoms with Gasteiger partial charge in [-0.3, -0.25) is 4.79 Å². The minimum atomic E-state index is -4.40. The SMILES string of the molecule is CC(=O)c1ccc(N2CCN(C(=O)Nc3ccc(C(F)(F)F)cc3)CC2)cc1. The number of Topliss-reactive ketones (excluding diaryl/α,β-unsaturated/α-hetero) is 1. The molecule has 0 spiro atoms. The molecule has 0 aliphatic carbocycles. The number of hydrogen-bond donors (Lipinski definition) is 1. The van der Waals surface area contributed by atoms with E-state index in [9.17, 15) is 22.8 Å². The summed E-state index contributed by atoms with van der Waals surface area (Å²) < 4.78 is 37.8. The van der Waals surface area contributed by atoms with Crippen molar-refractivity contribution in [2.75, 3.05) is 36.4 Å². The second kappa shape index (κ2) is 7.92. The maximum Gasteiger partial charge on any atom is 0.416 e. The normalized spacial score (nSPS) is 14.7. The number of urea groups is 1. The van der Waals surface area contributed by atoms with Gasteiger partial charge in [0.1, 0.15) is 0 Å². The molecule has 0 atom stereocenters. The Labute approximate surface area is 160 Å². The molecule has 2 aromatic rings. The van der Waals surface area contributed by atoms with Crippen molar-refractivity contribution in [1.29, 1.82) is 0 Å². The fraction of sp³-hybridized carbons (Fsp3) is 0.300. The van der Waals surface area contributed by atoms with Gasteiger partial charge in [-0.15, -0.1) is 0 Å². The van der Waals surface area contributed by atoms with Gasteiger partial charge in [0.05, 0.1) is 5.56 Å². The van der Waals surface area contributed by atoms with E-state index in [1.807, 2.05) is 12.1 Å². The summed E-state index contributed by atoms with van der Waals surface area (Å²) in [5, 5.41) is 2.63. The van der Waals surface area contributed by atoms with Crippen LogP contribution in [0.25, 0.3) is 0 Å². The van der Waals surface area contributed by atoms with E-state index in [2.05, 4.69) is 10.2 Å². The van der Waals surface area contributed by atoms with Gasteiger partial charge in [0, 0.05) is 43.1 Å². The lowest BCUT2D eigenvalue weighted by Crippen LogP contribution is -2.50. The molecule has 5 nitrogen and oxygen atoms in total. The van der Waals surface area contributed by atoms with Crippen molar-refractivity contribution in [3.63, 3.8) is 0 Å². The van der Waals surface area contributed by atoms with Crippen LogP contribution in [-0.2, 0) is 6.18 Å². The number of hydrogen-bond acceptors (Lipinski definition) is 3. The van der Waals surface area contributed by atoms with Gasteiger partial charge in [0.2, 0.25) is 0 Å². The number of nitrogens with one attached hydrogen (secondary N) is 1. The summed E-state index contributed by atoms with van der Waals surface area (Å²) >= 11 is 0. The minimum Gasteiger partial charge on any atom is -0.368 e. The summed E-state index contributed by atoms with van der Waals surface area (Å²) in [5.74, 6) is 0.0105. The molecule has 0 radical (unpaired) electrons. The molecule has 1 aliphatic rings. The van der Waals surface area contributed by atoms with E-state index in [4.69, 9.17) is 0 Å². The molecule has 0 bridgehead atoms. The molecule has 8 heteroatoms. The van der Waals surface area contributed by atoms with Crippen molar-refractivity contribution in [3.8, 4) is 0 Å². The van der Waals surface area contributed by atoms with Crippen molar-refractivity contribution in [1.82, 2.24) is 4.90 Å². The van der Waals surface area contributed by atoms with Gasteiger partial charge in [-0.1, -0.05) is 0 Å². The Kier molecular flexibility index (Phi) is 5.58. The van der Waals surface area contributed by atoms with Gasteiger partial charge < -0.3 is 15.1 Å². The third-order valence-corrected chi connectivity index (χ3v) is 4.67. The number of alkyl halides is 3. The highest BCUT2D eigenvalue weighted by Gasteiger charge is 2.30. The summed E-state index contributed by atoms with van der Waals surface area (Å²) in [6.07, 6.45) is -4.40. The van der Waals surface area contributed by atoms with E-state index in [0.717, 1.165) is 17.8 Å². The van der Waals surface area contributed by atoms with Crippen molar-refractivity contribution in [3.05, 3.63) is 59.7 Å². The topological polar surface area (TPSA) is 52.7 Å². The average molecular weight is 391 g/mol. The third kappa shape index (κ3) is 4.62. The van der Waals surface area contributed by atoms with Crippen molar-refractivity contribution < 1.29 is 22.8 Å². The van der Waals surface area contributed by atoms with Crippen LogP contribution in [0.3, 0.4) is 0 Å². The molecular formula is C20H20F3N3O2. The zero-order chi connectivity index (χ0) is 20.3.